The first kappa shape index (κ1) is 17.0. The SMILES string of the molecule is COc1ccccc1N1CCN(c2ccc(C(=O)O)n3nc(N)nc23)CC1. The van der Waals surface area contributed by atoms with Crippen molar-refractivity contribution in [3.63, 3.8) is 0 Å². The molecule has 3 aromatic rings. The zero-order chi connectivity index (χ0) is 19.0. The quantitative estimate of drug-likeness (QED) is 0.710. The van der Waals surface area contributed by atoms with Gasteiger partial charge in [-0.3, -0.25) is 0 Å². The largest absolute Gasteiger partial charge is 0.495 e. The van der Waals surface area contributed by atoms with Gasteiger partial charge in [0.25, 0.3) is 0 Å². The van der Waals surface area contributed by atoms with Crippen LogP contribution in [0.3, 0.4) is 0 Å². The third-order valence-corrected chi connectivity index (χ3v) is 4.75. The molecular weight excluding hydrogens is 348 g/mol. The van der Waals surface area contributed by atoms with E-state index >= 15 is 0 Å². The smallest absolute Gasteiger partial charge is 0.354 e. The van der Waals surface area contributed by atoms with Crippen molar-refractivity contribution in [2.75, 3.05) is 48.8 Å². The van der Waals surface area contributed by atoms with Crippen LogP contribution in [-0.2, 0) is 0 Å². The van der Waals surface area contributed by atoms with Gasteiger partial charge in [0.05, 0.1) is 18.5 Å². The van der Waals surface area contributed by atoms with Crippen LogP contribution in [0.25, 0.3) is 5.65 Å². The maximum absolute atomic E-state index is 11.4. The van der Waals surface area contributed by atoms with Crippen LogP contribution in [0.5, 0.6) is 5.75 Å². The van der Waals surface area contributed by atoms with Crippen LogP contribution in [0, 0.1) is 0 Å². The first-order valence-electron chi connectivity index (χ1n) is 8.60. The molecule has 3 N–H and O–H groups in total. The molecule has 0 radical (unpaired) electrons. The Morgan fingerprint density at radius 3 is 2.41 bits per heavy atom. The number of hydrogen-bond acceptors (Lipinski definition) is 7. The number of carboxylic acid groups (broad SMARTS) is 1. The van der Waals surface area contributed by atoms with E-state index in [0.29, 0.717) is 5.65 Å². The van der Waals surface area contributed by atoms with Crippen LogP contribution in [0.1, 0.15) is 10.5 Å². The fourth-order valence-electron chi connectivity index (χ4n) is 3.45. The number of nitrogen functional groups attached to an aromatic ring is 1. The molecular formula is C18H20N6O3. The number of aromatic nitrogens is 3. The number of aromatic carboxylic acids is 1. The van der Waals surface area contributed by atoms with E-state index in [1.807, 2.05) is 24.3 Å². The van der Waals surface area contributed by atoms with E-state index in [-0.39, 0.29) is 11.6 Å². The minimum absolute atomic E-state index is 0.0330. The van der Waals surface area contributed by atoms with Crippen LogP contribution in [0.2, 0.25) is 0 Å². The Labute approximate surface area is 155 Å². The van der Waals surface area contributed by atoms with Gasteiger partial charge in [-0.15, -0.1) is 5.10 Å². The Morgan fingerprint density at radius 1 is 1.07 bits per heavy atom. The van der Waals surface area contributed by atoms with E-state index in [9.17, 15) is 9.90 Å². The van der Waals surface area contributed by atoms with Crippen molar-refractivity contribution in [3.8, 4) is 5.75 Å². The van der Waals surface area contributed by atoms with Gasteiger partial charge in [0, 0.05) is 26.2 Å². The lowest BCUT2D eigenvalue weighted by molar-refractivity contribution is 0.0687. The number of ether oxygens (including phenoxy) is 1. The number of fused-ring (bicyclic) bond motifs is 1. The molecule has 0 aliphatic carbocycles. The summed E-state index contributed by atoms with van der Waals surface area (Å²) >= 11 is 0. The number of carboxylic acids is 1. The first-order chi connectivity index (χ1) is 13.1. The number of rotatable bonds is 4. The normalized spacial score (nSPS) is 14.6. The molecule has 4 rings (SSSR count). The second kappa shape index (κ2) is 6.67. The summed E-state index contributed by atoms with van der Waals surface area (Å²) < 4.78 is 6.75. The molecule has 1 aliphatic rings. The standard InChI is InChI=1S/C18H20N6O3/c1-27-15-5-3-2-4-12(15)22-8-10-23(11-9-22)13-6-7-14(17(25)26)24-16(13)20-18(19)21-24/h2-7H,8-11H2,1H3,(H2,19,21)(H,25,26). The van der Waals surface area contributed by atoms with Crippen molar-refractivity contribution in [2.45, 2.75) is 0 Å². The Hall–Kier alpha value is -3.49. The molecule has 0 bridgehead atoms. The summed E-state index contributed by atoms with van der Waals surface area (Å²) in [5.41, 5.74) is 8.09. The van der Waals surface area contributed by atoms with Crippen molar-refractivity contribution in [1.29, 1.82) is 0 Å². The minimum atomic E-state index is -1.07. The molecule has 1 saturated heterocycles. The molecule has 0 amide bonds. The summed E-state index contributed by atoms with van der Waals surface area (Å²) in [6, 6.07) is 11.3. The van der Waals surface area contributed by atoms with Crippen LogP contribution >= 0.6 is 0 Å². The zero-order valence-electron chi connectivity index (χ0n) is 14.9. The second-order valence-electron chi connectivity index (χ2n) is 6.26. The van der Waals surface area contributed by atoms with Gasteiger partial charge in [0.2, 0.25) is 5.95 Å². The molecule has 1 aliphatic heterocycles. The highest BCUT2D eigenvalue weighted by Crippen LogP contribution is 2.30. The van der Waals surface area contributed by atoms with Crippen molar-refractivity contribution in [1.82, 2.24) is 14.6 Å². The van der Waals surface area contributed by atoms with Gasteiger partial charge in [-0.05, 0) is 24.3 Å². The average Bonchev–Trinajstić information content (AvgIpc) is 3.08. The Balaban J connectivity index is 1.60. The number of carbonyl (C=O) groups is 1. The number of hydrogen-bond donors (Lipinski definition) is 2. The highest BCUT2D eigenvalue weighted by atomic mass is 16.5. The van der Waals surface area contributed by atoms with Gasteiger partial charge >= 0.3 is 5.97 Å². The first-order valence-corrected chi connectivity index (χ1v) is 8.60. The highest BCUT2D eigenvalue weighted by molar-refractivity contribution is 5.88. The van der Waals surface area contributed by atoms with Crippen molar-refractivity contribution in [3.05, 3.63) is 42.1 Å². The van der Waals surface area contributed by atoms with E-state index in [0.717, 1.165) is 43.3 Å². The number of methoxy groups -OCH3 is 1. The lowest BCUT2D eigenvalue weighted by atomic mass is 10.2. The summed E-state index contributed by atoms with van der Waals surface area (Å²) in [6.07, 6.45) is 0. The molecule has 2 aromatic heterocycles. The van der Waals surface area contributed by atoms with Gasteiger partial charge in [0.1, 0.15) is 5.75 Å². The molecule has 9 heteroatoms. The highest BCUT2D eigenvalue weighted by Gasteiger charge is 2.23. The third-order valence-electron chi connectivity index (χ3n) is 4.75. The molecule has 0 saturated carbocycles. The molecule has 9 nitrogen and oxygen atoms in total. The van der Waals surface area contributed by atoms with Crippen LogP contribution in [-0.4, -0.2) is 59.0 Å². The summed E-state index contributed by atoms with van der Waals surface area (Å²) in [5.74, 6) is -0.167. The topological polar surface area (TPSA) is 109 Å². The lowest BCUT2D eigenvalue weighted by Gasteiger charge is -2.37. The van der Waals surface area contributed by atoms with Gasteiger partial charge < -0.3 is 25.4 Å². The summed E-state index contributed by atoms with van der Waals surface area (Å²) in [6.45, 7) is 3.12. The molecule has 0 atom stereocenters. The Kier molecular flexibility index (Phi) is 4.19. The molecule has 0 spiro atoms. The number of para-hydroxylation sites is 2. The summed E-state index contributed by atoms with van der Waals surface area (Å²) in [4.78, 5) is 20.1. The fourth-order valence-corrected chi connectivity index (χ4v) is 3.45. The molecule has 27 heavy (non-hydrogen) atoms. The van der Waals surface area contributed by atoms with E-state index in [1.54, 1.807) is 13.2 Å². The molecule has 1 aromatic carbocycles. The molecule has 1 fully saturated rings. The third kappa shape index (κ3) is 2.97. The predicted octanol–water partition coefficient (Wildman–Crippen LogP) is 1.34. The molecule has 140 valence electrons. The number of nitrogens with two attached hydrogens (primary N) is 1. The number of piperazine rings is 1. The summed E-state index contributed by atoms with van der Waals surface area (Å²) in [7, 11) is 1.67. The van der Waals surface area contributed by atoms with E-state index in [4.69, 9.17) is 10.5 Å². The van der Waals surface area contributed by atoms with Gasteiger partial charge in [0.15, 0.2) is 11.3 Å². The summed E-state index contributed by atoms with van der Waals surface area (Å²) in [5, 5.41) is 13.4. The zero-order valence-corrected chi connectivity index (χ0v) is 14.9. The van der Waals surface area contributed by atoms with E-state index < -0.39 is 5.97 Å². The molecule has 3 heterocycles. The number of benzene rings is 1. The number of pyridine rings is 1. The van der Waals surface area contributed by atoms with Gasteiger partial charge in [-0.2, -0.15) is 4.98 Å². The lowest BCUT2D eigenvalue weighted by Crippen LogP contribution is -2.46. The average molecular weight is 368 g/mol. The van der Waals surface area contributed by atoms with E-state index in [1.165, 1.54) is 10.6 Å². The van der Waals surface area contributed by atoms with Crippen molar-refractivity contribution >= 4 is 28.9 Å². The molecule has 0 unspecified atom stereocenters. The van der Waals surface area contributed by atoms with Crippen molar-refractivity contribution < 1.29 is 14.6 Å². The maximum atomic E-state index is 11.4. The Bertz CT molecular complexity index is 994. The van der Waals surface area contributed by atoms with Gasteiger partial charge in [-0.25, -0.2) is 9.31 Å². The van der Waals surface area contributed by atoms with E-state index in [2.05, 4.69) is 19.9 Å². The van der Waals surface area contributed by atoms with Crippen LogP contribution in [0.4, 0.5) is 17.3 Å². The van der Waals surface area contributed by atoms with Gasteiger partial charge in [-0.1, -0.05) is 12.1 Å². The van der Waals surface area contributed by atoms with Crippen LogP contribution < -0.4 is 20.3 Å². The minimum Gasteiger partial charge on any atom is -0.495 e. The fraction of sp³-hybridized carbons (Fsp3) is 0.278. The number of anilines is 3. The number of nitrogens with zero attached hydrogens (tertiary/aromatic N) is 5. The monoisotopic (exact) mass is 368 g/mol. The predicted molar refractivity (Wildman–Crippen MR) is 102 cm³/mol. The maximum Gasteiger partial charge on any atom is 0.354 e. The second-order valence-corrected chi connectivity index (χ2v) is 6.26. The van der Waals surface area contributed by atoms with Crippen LogP contribution in [0.15, 0.2) is 36.4 Å². The van der Waals surface area contributed by atoms with Crippen molar-refractivity contribution in [2.24, 2.45) is 0 Å². The Morgan fingerprint density at radius 2 is 1.74 bits per heavy atom.